The molecule has 0 saturated carbocycles. The Morgan fingerprint density at radius 1 is 1.14 bits per heavy atom. The molecule has 2 rings (SSSR count). The van der Waals surface area contributed by atoms with Crippen molar-refractivity contribution in [2.75, 3.05) is 12.3 Å². The molecule has 1 heterocycles. The Balaban J connectivity index is 1.90. The molecule has 0 radical (unpaired) electrons. The van der Waals surface area contributed by atoms with Crippen molar-refractivity contribution in [2.24, 2.45) is 0 Å². The fourth-order valence-corrected chi connectivity index (χ4v) is 3.64. The van der Waals surface area contributed by atoms with Gasteiger partial charge in [-0.25, -0.2) is 18.2 Å². The van der Waals surface area contributed by atoms with Gasteiger partial charge in [-0.05, 0) is 30.7 Å². The van der Waals surface area contributed by atoms with Crippen molar-refractivity contribution in [3.63, 3.8) is 0 Å². The SMILES string of the molecule is CCCCCCNC(=O)c1cccnc1SCCC(F)(F)c1ccc(F)cc1. The van der Waals surface area contributed by atoms with Crippen LogP contribution in [0.5, 0.6) is 0 Å². The van der Waals surface area contributed by atoms with Crippen molar-refractivity contribution in [3.8, 4) is 0 Å². The second-order valence-electron chi connectivity index (χ2n) is 6.48. The molecular weight excluding hydrogens is 385 g/mol. The second-order valence-corrected chi connectivity index (χ2v) is 7.57. The third-order valence-corrected chi connectivity index (χ3v) is 5.26. The number of halogens is 3. The lowest BCUT2D eigenvalue weighted by atomic mass is 10.1. The minimum absolute atomic E-state index is 0.0815. The summed E-state index contributed by atoms with van der Waals surface area (Å²) >= 11 is 1.12. The largest absolute Gasteiger partial charge is 0.352 e. The van der Waals surface area contributed by atoms with E-state index in [0.717, 1.165) is 61.7 Å². The van der Waals surface area contributed by atoms with Crippen molar-refractivity contribution in [3.05, 3.63) is 59.5 Å². The molecule has 2 aromatic rings. The minimum atomic E-state index is -3.07. The second kappa shape index (κ2) is 11.1. The Kier molecular flexibility index (Phi) is 8.83. The number of alkyl halides is 2. The fourth-order valence-electron chi connectivity index (χ4n) is 2.64. The Morgan fingerprint density at radius 2 is 1.89 bits per heavy atom. The van der Waals surface area contributed by atoms with Gasteiger partial charge in [-0.15, -0.1) is 11.8 Å². The van der Waals surface area contributed by atoms with Gasteiger partial charge < -0.3 is 5.32 Å². The minimum Gasteiger partial charge on any atom is -0.352 e. The van der Waals surface area contributed by atoms with Gasteiger partial charge in [0.25, 0.3) is 11.8 Å². The third-order valence-electron chi connectivity index (χ3n) is 4.25. The summed E-state index contributed by atoms with van der Waals surface area (Å²) in [5.41, 5.74) is 0.175. The first-order chi connectivity index (χ1) is 13.4. The highest BCUT2D eigenvalue weighted by atomic mass is 32.2. The summed E-state index contributed by atoms with van der Waals surface area (Å²) in [7, 11) is 0. The van der Waals surface area contributed by atoms with Gasteiger partial charge in [0.1, 0.15) is 10.8 Å². The monoisotopic (exact) mass is 410 g/mol. The molecule has 1 amide bonds. The Morgan fingerprint density at radius 3 is 2.61 bits per heavy atom. The molecule has 0 saturated heterocycles. The van der Waals surface area contributed by atoms with Crippen LogP contribution in [0, 0.1) is 5.82 Å². The van der Waals surface area contributed by atoms with E-state index in [1.165, 1.54) is 0 Å². The van der Waals surface area contributed by atoms with E-state index in [-0.39, 0.29) is 17.2 Å². The summed E-state index contributed by atoms with van der Waals surface area (Å²) in [6.07, 6.45) is 5.33. The van der Waals surface area contributed by atoms with Crippen LogP contribution in [-0.4, -0.2) is 23.2 Å². The van der Waals surface area contributed by atoms with E-state index < -0.39 is 18.2 Å². The standard InChI is InChI=1S/C21H25F3N2OS/c1-2-3-4-5-13-25-19(27)18-7-6-14-26-20(18)28-15-12-21(23,24)16-8-10-17(22)11-9-16/h6-11,14H,2-5,12-13,15H2,1H3,(H,25,27). The fraction of sp³-hybridized carbons (Fsp3) is 0.429. The van der Waals surface area contributed by atoms with Gasteiger partial charge in [0.05, 0.1) is 5.56 Å². The number of pyridine rings is 1. The molecule has 1 aromatic carbocycles. The summed E-state index contributed by atoms with van der Waals surface area (Å²) in [5, 5.41) is 3.29. The third kappa shape index (κ3) is 6.86. The van der Waals surface area contributed by atoms with E-state index in [1.54, 1.807) is 18.3 Å². The number of carbonyl (C=O) groups is 1. The first-order valence-electron chi connectivity index (χ1n) is 9.44. The highest BCUT2D eigenvalue weighted by molar-refractivity contribution is 7.99. The van der Waals surface area contributed by atoms with Crippen LogP contribution in [0.15, 0.2) is 47.6 Å². The number of hydrogen-bond acceptors (Lipinski definition) is 3. The number of carbonyl (C=O) groups excluding carboxylic acids is 1. The molecular formula is C21H25F3N2OS. The van der Waals surface area contributed by atoms with Crippen LogP contribution >= 0.6 is 11.8 Å². The van der Waals surface area contributed by atoms with Crippen LogP contribution in [0.4, 0.5) is 13.2 Å². The van der Waals surface area contributed by atoms with Crippen LogP contribution in [0.1, 0.15) is 54.9 Å². The molecule has 7 heteroatoms. The molecule has 0 aliphatic carbocycles. The number of aromatic nitrogens is 1. The molecule has 1 N–H and O–H groups in total. The van der Waals surface area contributed by atoms with E-state index in [1.807, 2.05) is 0 Å². The van der Waals surface area contributed by atoms with Gasteiger partial charge in [-0.1, -0.05) is 38.3 Å². The van der Waals surface area contributed by atoms with E-state index in [0.29, 0.717) is 17.1 Å². The highest BCUT2D eigenvalue weighted by Gasteiger charge is 2.31. The van der Waals surface area contributed by atoms with Crippen LogP contribution < -0.4 is 5.32 Å². The summed E-state index contributed by atoms with van der Waals surface area (Å²) < 4.78 is 41.5. The maximum Gasteiger partial charge on any atom is 0.274 e. The maximum absolute atomic E-state index is 14.3. The van der Waals surface area contributed by atoms with E-state index in [4.69, 9.17) is 0 Å². The van der Waals surface area contributed by atoms with Crippen LogP contribution in [0.3, 0.4) is 0 Å². The molecule has 0 unspecified atom stereocenters. The number of benzene rings is 1. The highest BCUT2D eigenvalue weighted by Crippen LogP contribution is 2.34. The number of amides is 1. The molecule has 0 spiro atoms. The Bertz CT molecular complexity index is 754. The number of hydrogen-bond donors (Lipinski definition) is 1. The van der Waals surface area contributed by atoms with Crippen molar-refractivity contribution in [1.82, 2.24) is 10.3 Å². The lowest BCUT2D eigenvalue weighted by molar-refractivity contribution is -0.00707. The summed E-state index contributed by atoms with van der Waals surface area (Å²) in [6, 6.07) is 7.55. The molecule has 0 aliphatic rings. The molecule has 152 valence electrons. The van der Waals surface area contributed by atoms with E-state index in [2.05, 4.69) is 17.2 Å². The predicted octanol–water partition coefficient (Wildman–Crippen LogP) is 5.81. The van der Waals surface area contributed by atoms with Gasteiger partial charge in [0.2, 0.25) is 0 Å². The number of nitrogens with zero attached hydrogens (tertiary/aromatic N) is 1. The average molecular weight is 411 g/mol. The van der Waals surface area contributed by atoms with Crippen LogP contribution in [0.25, 0.3) is 0 Å². The number of thioether (sulfide) groups is 1. The predicted molar refractivity (Wildman–Crippen MR) is 106 cm³/mol. The molecule has 0 atom stereocenters. The molecule has 0 fully saturated rings. The van der Waals surface area contributed by atoms with Gasteiger partial charge in [-0.2, -0.15) is 0 Å². The van der Waals surface area contributed by atoms with E-state index in [9.17, 15) is 18.0 Å². The lowest BCUT2D eigenvalue weighted by Gasteiger charge is -2.16. The van der Waals surface area contributed by atoms with Crippen molar-refractivity contribution in [2.45, 2.75) is 50.0 Å². The smallest absolute Gasteiger partial charge is 0.274 e. The molecule has 0 aliphatic heterocycles. The summed E-state index contributed by atoms with van der Waals surface area (Å²) in [4.78, 5) is 16.5. The van der Waals surface area contributed by atoms with Crippen molar-refractivity contribution < 1.29 is 18.0 Å². The Labute approximate surface area is 168 Å². The zero-order chi connectivity index (χ0) is 20.4. The Hall–Kier alpha value is -2.02. The zero-order valence-electron chi connectivity index (χ0n) is 15.9. The van der Waals surface area contributed by atoms with Crippen LogP contribution in [0.2, 0.25) is 0 Å². The number of unbranched alkanes of at least 4 members (excludes halogenated alkanes) is 3. The quantitative estimate of drug-likeness (QED) is 0.376. The molecule has 28 heavy (non-hydrogen) atoms. The van der Waals surface area contributed by atoms with Gasteiger partial charge >= 0.3 is 0 Å². The summed E-state index contributed by atoms with van der Waals surface area (Å²) in [6.45, 7) is 2.71. The van der Waals surface area contributed by atoms with E-state index >= 15 is 0 Å². The molecule has 1 aromatic heterocycles. The number of nitrogens with one attached hydrogen (secondary N) is 1. The average Bonchev–Trinajstić information content (AvgIpc) is 2.68. The van der Waals surface area contributed by atoms with Crippen molar-refractivity contribution in [1.29, 1.82) is 0 Å². The lowest BCUT2D eigenvalue weighted by Crippen LogP contribution is -2.25. The molecule has 0 bridgehead atoms. The van der Waals surface area contributed by atoms with Gasteiger partial charge in [0.15, 0.2) is 0 Å². The normalized spacial score (nSPS) is 11.4. The first kappa shape index (κ1) is 22.3. The zero-order valence-corrected chi connectivity index (χ0v) is 16.7. The first-order valence-corrected chi connectivity index (χ1v) is 10.4. The summed E-state index contributed by atoms with van der Waals surface area (Å²) in [5.74, 6) is -3.78. The number of rotatable bonds is 11. The van der Waals surface area contributed by atoms with Gasteiger partial charge in [-0.3, -0.25) is 4.79 Å². The van der Waals surface area contributed by atoms with Gasteiger partial charge in [0, 0.05) is 30.5 Å². The topological polar surface area (TPSA) is 42.0 Å². The molecule has 3 nitrogen and oxygen atoms in total. The van der Waals surface area contributed by atoms with Crippen LogP contribution in [-0.2, 0) is 5.92 Å². The maximum atomic E-state index is 14.3. The van der Waals surface area contributed by atoms with Crippen molar-refractivity contribution >= 4 is 17.7 Å².